The molecule has 3 rings (SSSR count). The minimum atomic E-state index is -1.18. The molecule has 0 atom stereocenters. The van der Waals surface area contributed by atoms with Crippen LogP contribution < -0.4 is 10.6 Å². The van der Waals surface area contributed by atoms with E-state index in [1.54, 1.807) is 38.0 Å². The number of aryl methyl sites for hydroxylation is 1. The number of Topliss-reactive ketones (excluding diaryl/α,β-unsaturated/α-hetero) is 1. The summed E-state index contributed by atoms with van der Waals surface area (Å²) in [6.45, 7) is 2.79. The molecule has 0 saturated heterocycles. The maximum Gasteiger partial charge on any atom is 0.300 e. The molecule has 1 aromatic carbocycles. The molecule has 170 valence electrons. The summed E-state index contributed by atoms with van der Waals surface area (Å²) in [5, 5.41) is 0. The van der Waals surface area contributed by atoms with Gasteiger partial charge in [0.1, 0.15) is 5.69 Å². The summed E-state index contributed by atoms with van der Waals surface area (Å²) < 4.78 is 30.5. The number of benzene rings is 1. The van der Waals surface area contributed by atoms with Gasteiger partial charge >= 0.3 is 0 Å². The molecule has 0 saturated carbocycles. The van der Waals surface area contributed by atoms with Gasteiger partial charge in [-0.3, -0.25) is 19.3 Å². The van der Waals surface area contributed by atoms with Crippen molar-refractivity contribution in [1.82, 2.24) is 14.1 Å². The van der Waals surface area contributed by atoms with Gasteiger partial charge in [-0.15, -0.1) is 0 Å². The van der Waals surface area contributed by atoms with Gasteiger partial charge in [0.15, 0.2) is 17.5 Å². The molecule has 0 aliphatic heterocycles. The number of aromatic nitrogens is 3. The third kappa shape index (κ3) is 4.39. The number of nitrogens with zero attached hydrogens (tertiary/aromatic N) is 4. The van der Waals surface area contributed by atoms with E-state index in [0.29, 0.717) is 11.5 Å². The van der Waals surface area contributed by atoms with E-state index < -0.39 is 29.2 Å². The van der Waals surface area contributed by atoms with E-state index in [0.717, 1.165) is 17.0 Å². The molecule has 2 heterocycles. The molecular weight excluding hydrogens is 432 g/mol. The Bertz CT molecular complexity index is 1340. The molecule has 3 aromatic rings. The van der Waals surface area contributed by atoms with E-state index in [-0.39, 0.29) is 29.1 Å². The predicted molar refractivity (Wildman–Crippen MR) is 117 cm³/mol. The Morgan fingerprint density at radius 2 is 1.85 bits per heavy atom. The summed E-state index contributed by atoms with van der Waals surface area (Å²) in [5.41, 5.74) is 6.09. The maximum absolute atomic E-state index is 13.9. The van der Waals surface area contributed by atoms with Crippen molar-refractivity contribution >= 4 is 23.3 Å². The van der Waals surface area contributed by atoms with Gasteiger partial charge in [-0.2, -0.15) is 0 Å². The van der Waals surface area contributed by atoms with Crippen molar-refractivity contribution in [3.05, 3.63) is 70.6 Å². The fraction of sp³-hybridized carbons (Fsp3) is 0.217. The van der Waals surface area contributed by atoms with Gasteiger partial charge in [-0.05, 0) is 37.5 Å². The average molecular weight is 453 g/mol. The van der Waals surface area contributed by atoms with Crippen LogP contribution in [0, 0.1) is 37.3 Å². The Labute approximate surface area is 188 Å². The minimum Gasteiger partial charge on any atom is -0.364 e. The molecule has 8 nitrogen and oxygen atoms in total. The number of amides is 2. The summed E-state index contributed by atoms with van der Waals surface area (Å²) in [5.74, 6) is 0.932. The molecule has 10 heteroatoms. The summed E-state index contributed by atoms with van der Waals surface area (Å²) in [4.78, 5) is 43.2. The monoisotopic (exact) mass is 453 g/mol. The van der Waals surface area contributed by atoms with Crippen molar-refractivity contribution in [3.8, 4) is 11.8 Å². The largest absolute Gasteiger partial charge is 0.364 e. The van der Waals surface area contributed by atoms with E-state index in [1.807, 2.05) is 0 Å². The number of hydrogen-bond acceptors (Lipinski definition) is 4. The number of rotatable bonds is 5. The molecule has 0 fully saturated rings. The highest BCUT2D eigenvalue weighted by molar-refractivity contribution is 6.47. The summed E-state index contributed by atoms with van der Waals surface area (Å²) in [6, 6.07) is 2.83. The molecule has 0 bridgehead atoms. The van der Waals surface area contributed by atoms with Crippen LogP contribution in [0.5, 0.6) is 0 Å². The van der Waals surface area contributed by atoms with E-state index >= 15 is 0 Å². The van der Waals surface area contributed by atoms with Gasteiger partial charge in [0.2, 0.25) is 0 Å². The number of carbonyl (C=O) groups excluding carboxylic acids is 3. The number of hydrogen-bond donors (Lipinski definition) is 1. The van der Waals surface area contributed by atoms with Crippen LogP contribution in [-0.2, 0) is 18.9 Å². The molecule has 33 heavy (non-hydrogen) atoms. The highest BCUT2D eigenvalue weighted by atomic mass is 19.2. The molecular formula is C23H21F2N5O3. The lowest BCUT2D eigenvalue weighted by atomic mass is 10.0. The number of carbonyl (C=O) groups is 3. The van der Waals surface area contributed by atoms with Crippen molar-refractivity contribution in [2.24, 2.45) is 19.8 Å². The van der Waals surface area contributed by atoms with Crippen molar-refractivity contribution in [1.29, 1.82) is 0 Å². The number of imidazole rings is 1. The number of primary amides is 1. The number of anilines is 1. The Kier molecular flexibility index (Phi) is 6.44. The number of ketones is 1. The molecule has 0 aliphatic rings. The van der Waals surface area contributed by atoms with Crippen molar-refractivity contribution in [3.63, 3.8) is 0 Å². The lowest BCUT2D eigenvalue weighted by molar-refractivity contribution is -0.114. The summed E-state index contributed by atoms with van der Waals surface area (Å²) >= 11 is 0. The van der Waals surface area contributed by atoms with Crippen molar-refractivity contribution in [2.45, 2.75) is 13.8 Å². The Balaban J connectivity index is 2.04. The first-order valence-electron chi connectivity index (χ1n) is 9.77. The van der Waals surface area contributed by atoms with Crippen molar-refractivity contribution in [2.75, 3.05) is 11.4 Å². The first kappa shape index (κ1) is 23.4. The second-order valence-corrected chi connectivity index (χ2v) is 7.34. The molecule has 0 radical (unpaired) electrons. The van der Waals surface area contributed by atoms with Gasteiger partial charge in [-0.25, -0.2) is 13.8 Å². The van der Waals surface area contributed by atoms with Gasteiger partial charge in [0, 0.05) is 43.9 Å². The normalized spacial score (nSPS) is 10.5. The Morgan fingerprint density at radius 1 is 1.15 bits per heavy atom. The lowest BCUT2D eigenvalue weighted by Crippen LogP contribution is -2.37. The third-order valence-electron chi connectivity index (χ3n) is 5.30. The van der Waals surface area contributed by atoms with Gasteiger partial charge in [-0.1, -0.05) is 5.92 Å². The molecule has 2 amide bonds. The molecule has 0 spiro atoms. The van der Waals surface area contributed by atoms with Crippen molar-refractivity contribution < 1.29 is 23.2 Å². The topological polar surface area (TPSA) is 103 Å². The van der Waals surface area contributed by atoms with Gasteiger partial charge in [0.25, 0.3) is 17.6 Å². The maximum atomic E-state index is 13.9. The van der Waals surface area contributed by atoms with Crippen LogP contribution >= 0.6 is 0 Å². The minimum absolute atomic E-state index is 0.0148. The fourth-order valence-electron chi connectivity index (χ4n) is 3.51. The second-order valence-electron chi connectivity index (χ2n) is 7.34. The van der Waals surface area contributed by atoms with Crippen LogP contribution in [0.2, 0.25) is 0 Å². The Hall–Kier alpha value is -4.26. The predicted octanol–water partition coefficient (Wildman–Crippen LogP) is 2.02. The number of nitrogens with two attached hydrogens (primary N) is 1. The SMILES string of the molecule is Cc1c(C(=O)C(=O)N(CC#Cc2nccn2C)c2ccc(F)c(F)c2)c(C)n(C)c1C(N)=O. The van der Waals surface area contributed by atoms with Crippen LogP contribution in [0.1, 0.15) is 37.9 Å². The molecule has 2 aromatic heterocycles. The van der Waals surface area contributed by atoms with Crippen LogP contribution in [0.25, 0.3) is 0 Å². The third-order valence-corrected chi connectivity index (χ3v) is 5.30. The van der Waals surface area contributed by atoms with Gasteiger partial charge < -0.3 is 14.9 Å². The highest BCUT2D eigenvalue weighted by Gasteiger charge is 2.31. The highest BCUT2D eigenvalue weighted by Crippen LogP contribution is 2.24. The zero-order valence-corrected chi connectivity index (χ0v) is 18.4. The smallest absolute Gasteiger partial charge is 0.300 e. The molecule has 0 aliphatic carbocycles. The summed E-state index contributed by atoms with van der Waals surface area (Å²) in [6.07, 6.45) is 3.23. The zero-order valence-electron chi connectivity index (χ0n) is 18.4. The van der Waals surface area contributed by atoms with Crippen LogP contribution in [0.4, 0.5) is 14.5 Å². The Morgan fingerprint density at radius 3 is 2.39 bits per heavy atom. The van der Waals surface area contributed by atoms with E-state index in [9.17, 15) is 23.2 Å². The summed E-state index contributed by atoms with van der Waals surface area (Å²) in [7, 11) is 3.28. The van der Waals surface area contributed by atoms with Crippen LogP contribution in [-0.4, -0.2) is 38.3 Å². The average Bonchev–Trinajstić information content (AvgIpc) is 3.26. The fourth-order valence-corrected chi connectivity index (χ4v) is 3.51. The number of halogens is 2. The first-order chi connectivity index (χ1) is 15.5. The standard InChI is InChI=1S/C23H21F2N5O3/c1-13-19(14(2)29(4)20(13)22(26)32)21(31)23(33)30(15-7-8-16(24)17(25)12-15)10-5-6-18-27-9-11-28(18)3/h7-9,11-12H,10H2,1-4H3,(H2,26,32). The van der Waals surface area contributed by atoms with E-state index in [4.69, 9.17) is 5.73 Å². The molecule has 2 N–H and O–H groups in total. The second kappa shape index (κ2) is 9.08. The quantitative estimate of drug-likeness (QED) is 0.363. The lowest BCUT2D eigenvalue weighted by Gasteiger charge is -2.20. The zero-order chi connectivity index (χ0) is 24.4. The van der Waals surface area contributed by atoms with Gasteiger partial charge in [0.05, 0.1) is 12.1 Å². The van der Waals surface area contributed by atoms with E-state index in [1.165, 1.54) is 17.6 Å². The van der Waals surface area contributed by atoms with Crippen LogP contribution in [0.15, 0.2) is 30.6 Å². The van der Waals surface area contributed by atoms with E-state index in [2.05, 4.69) is 16.8 Å². The first-order valence-corrected chi connectivity index (χ1v) is 9.77. The molecule has 0 unspecified atom stereocenters. The van der Waals surface area contributed by atoms with Crippen LogP contribution in [0.3, 0.4) is 0 Å².